The fourth-order valence-corrected chi connectivity index (χ4v) is 2.75. The van der Waals surface area contributed by atoms with Crippen LogP contribution in [0.15, 0.2) is 12.5 Å². The summed E-state index contributed by atoms with van der Waals surface area (Å²) in [6.45, 7) is 1.13. The van der Waals surface area contributed by atoms with Gasteiger partial charge < -0.3 is 25.1 Å². The predicted octanol–water partition coefficient (Wildman–Crippen LogP) is 0.706. The highest BCUT2D eigenvalue weighted by molar-refractivity contribution is 5.75. The molecule has 8 heteroatoms. The van der Waals surface area contributed by atoms with Gasteiger partial charge in [-0.15, -0.1) is 0 Å². The number of carbonyl (C=O) groups excluding carboxylic acids is 1. The van der Waals surface area contributed by atoms with Gasteiger partial charge in [0.25, 0.3) is 0 Å². The number of aliphatic hydroxyl groups is 1. The van der Waals surface area contributed by atoms with Crippen LogP contribution in [-0.2, 0) is 11.3 Å². The Morgan fingerprint density at radius 1 is 1.52 bits per heavy atom. The van der Waals surface area contributed by atoms with Crippen molar-refractivity contribution in [1.82, 2.24) is 14.9 Å². The number of aliphatic hydroxyl groups excluding tert-OH is 1. The van der Waals surface area contributed by atoms with Crippen LogP contribution in [0.25, 0.3) is 0 Å². The van der Waals surface area contributed by atoms with Crippen molar-refractivity contribution in [1.29, 1.82) is 0 Å². The molecule has 2 unspecified atom stereocenters. The van der Waals surface area contributed by atoms with Crippen molar-refractivity contribution >= 4 is 11.7 Å². The number of nitrogens with zero attached hydrogens (tertiary/aromatic N) is 3. The van der Waals surface area contributed by atoms with E-state index in [4.69, 9.17) is 0 Å². The van der Waals surface area contributed by atoms with Crippen molar-refractivity contribution in [3.05, 3.63) is 22.6 Å². The molecule has 0 aromatic carbocycles. The normalized spacial score (nSPS) is 21.4. The molecule has 1 amide bonds. The maximum absolute atomic E-state index is 11.8. The van der Waals surface area contributed by atoms with Crippen molar-refractivity contribution in [2.45, 2.75) is 32.2 Å². The molecule has 2 atom stereocenters. The molecule has 8 nitrogen and oxygen atoms in total. The number of hydrogen-bond acceptors (Lipinski definition) is 5. The van der Waals surface area contributed by atoms with Gasteiger partial charge in [0.05, 0.1) is 0 Å². The third-order valence-electron chi connectivity index (χ3n) is 4.02. The first kappa shape index (κ1) is 15.4. The van der Waals surface area contributed by atoms with Gasteiger partial charge in [0.15, 0.2) is 0 Å². The maximum atomic E-state index is 11.8. The number of rotatable bonds is 7. The van der Waals surface area contributed by atoms with Crippen molar-refractivity contribution in [2.24, 2.45) is 11.8 Å². The van der Waals surface area contributed by atoms with Gasteiger partial charge in [0, 0.05) is 26.1 Å². The minimum Gasteiger partial charge on any atom is -0.396 e. The van der Waals surface area contributed by atoms with Crippen LogP contribution in [-0.4, -0.2) is 38.6 Å². The number of nitro groups is 1. The summed E-state index contributed by atoms with van der Waals surface area (Å²) in [5.41, 5.74) is 0. The standard InChI is InChI=1S/C13H20N4O4/c18-8-11-3-1-2-10(11)6-14-13(19)4-5-16-7-12(15-9-16)17(20)21/h7,9-11,18H,1-6,8H2,(H,14,19). The highest BCUT2D eigenvalue weighted by Gasteiger charge is 2.26. The second-order valence-electron chi connectivity index (χ2n) is 5.41. The van der Waals surface area contributed by atoms with Gasteiger partial charge in [-0.3, -0.25) is 4.79 Å². The smallest absolute Gasteiger partial charge is 0.381 e. The van der Waals surface area contributed by atoms with E-state index in [-0.39, 0.29) is 24.8 Å². The zero-order valence-electron chi connectivity index (χ0n) is 11.8. The molecule has 1 aliphatic rings. The molecule has 0 radical (unpaired) electrons. The van der Waals surface area contributed by atoms with E-state index in [1.165, 1.54) is 17.1 Å². The average Bonchev–Trinajstić information content (AvgIpc) is 3.11. The van der Waals surface area contributed by atoms with E-state index >= 15 is 0 Å². The van der Waals surface area contributed by atoms with E-state index in [2.05, 4.69) is 10.3 Å². The summed E-state index contributed by atoms with van der Waals surface area (Å²) in [6.07, 6.45) is 6.08. The number of aryl methyl sites for hydroxylation is 1. The first-order valence-corrected chi connectivity index (χ1v) is 7.14. The van der Waals surface area contributed by atoms with Gasteiger partial charge in [-0.1, -0.05) is 6.42 Å². The Labute approximate surface area is 122 Å². The summed E-state index contributed by atoms with van der Waals surface area (Å²) in [5.74, 6) is 0.344. The first-order chi connectivity index (χ1) is 10.1. The lowest BCUT2D eigenvalue weighted by Crippen LogP contribution is -2.32. The number of carbonyl (C=O) groups is 1. The second kappa shape index (κ2) is 7.16. The van der Waals surface area contributed by atoms with Gasteiger partial charge in [0.1, 0.15) is 6.20 Å². The zero-order valence-corrected chi connectivity index (χ0v) is 11.8. The van der Waals surface area contributed by atoms with E-state index in [9.17, 15) is 20.0 Å². The van der Waals surface area contributed by atoms with E-state index < -0.39 is 4.92 Å². The molecular formula is C13H20N4O4. The summed E-state index contributed by atoms with van der Waals surface area (Å²) in [5, 5.41) is 22.6. The summed E-state index contributed by atoms with van der Waals surface area (Å²) in [4.78, 5) is 25.3. The van der Waals surface area contributed by atoms with Crippen LogP contribution < -0.4 is 5.32 Å². The summed E-state index contributed by atoms with van der Waals surface area (Å²) >= 11 is 0. The van der Waals surface area contributed by atoms with E-state index in [0.29, 0.717) is 24.9 Å². The van der Waals surface area contributed by atoms with Crippen LogP contribution >= 0.6 is 0 Å². The van der Waals surface area contributed by atoms with Gasteiger partial charge >= 0.3 is 5.82 Å². The quantitative estimate of drug-likeness (QED) is 0.568. The number of hydrogen-bond donors (Lipinski definition) is 2. The molecule has 2 N–H and O–H groups in total. The maximum Gasteiger partial charge on any atom is 0.381 e. The summed E-state index contributed by atoms with van der Waals surface area (Å²) in [6, 6.07) is 0. The van der Waals surface area contributed by atoms with Crippen molar-refractivity contribution in [3.8, 4) is 0 Å². The van der Waals surface area contributed by atoms with Gasteiger partial charge in [-0.05, 0) is 34.6 Å². The van der Waals surface area contributed by atoms with Gasteiger partial charge in [-0.25, -0.2) is 0 Å². The predicted molar refractivity (Wildman–Crippen MR) is 74.4 cm³/mol. The Morgan fingerprint density at radius 2 is 2.29 bits per heavy atom. The van der Waals surface area contributed by atoms with Crippen LogP contribution in [0.4, 0.5) is 5.82 Å². The van der Waals surface area contributed by atoms with Crippen LogP contribution in [0.2, 0.25) is 0 Å². The Bertz CT molecular complexity index is 502. The monoisotopic (exact) mass is 296 g/mol. The third kappa shape index (κ3) is 4.25. The Balaban J connectivity index is 1.70. The lowest BCUT2D eigenvalue weighted by atomic mass is 9.97. The molecule has 0 bridgehead atoms. The van der Waals surface area contributed by atoms with Crippen LogP contribution in [0.1, 0.15) is 25.7 Å². The minimum atomic E-state index is -0.564. The Morgan fingerprint density at radius 3 is 2.95 bits per heavy atom. The van der Waals surface area contributed by atoms with E-state index in [1.54, 1.807) is 0 Å². The second-order valence-corrected chi connectivity index (χ2v) is 5.41. The van der Waals surface area contributed by atoms with Gasteiger partial charge in [-0.2, -0.15) is 0 Å². The van der Waals surface area contributed by atoms with Crippen LogP contribution in [0.5, 0.6) is 0 Å². The molecule has 0 spiro atoms. The number of imidazole rings is 1. The lowest BCUT2D eigenvalue weighted by molar-refractivity contribution is -0.389. The highest BCUT2D eigenvalue weighted by Crippen LogP contribution is 2.30. The van der Waals surface area contributed by atoms with Crippen molar-refractivity contribution < 1.29 is 14.8 Å². The molecule has 2 rings (SSSR count). The fourth-order valence-electron chi connectivity index (χ4n) is 2.75. The van der Waals surface area contributed by atoms with E-state index in [0.717, 1.165) is 19.3 Å². The summed E-state index contributed by atoms with van der Waals surface area (Å²) in [7, 11) is 0. The minimum absolute atomic E-state index is 0.0880. The molecule has 1 fully saturated rings. The van der Waals surface area contributed by atoms with Crippen molar-refractivity contribution in [2.75, 3.05) is 13.2 Å². The largest absolute Gasteiger partial charge is 0.396 e. The molecule has 0 aliphatic heterocycles. The zero-order chi connectivity index (χ0) is 15.2. The molecule has 116 valence electrons. The molecule has 1 heterocycles. The lowest BCUT2D eigenvalue weighted by Gasteiger charge is -2.17. The molecule has 1 aromatic heterocycles. The Hall–Kier alpha value is -1.96. The van der Waals surface area contributed by atoms with Crippen LogP contribution in [0, 0.1) is 22.0 Å². The van der Waals surface area contributed by atoms with Gasteiger partial charge in [0.2, 0.25) is 12.2 Å². The molecular weight excluding hydrogens is 276 g/mol. The topological polar surface area (TPSA) is 110 Å². The molecule has 1 saturated carbocycles. The molecule has 21 heavy (non-hydrogen) atoms. The first-order valence-electron chi connectivity index (χ1n) is 7.14. The Kier molecular flexibility index (Phi) is 5.26. The number of aromatic nitrogens is 2. The van der Waals surface area contributed by atoms with E-state index in [1.807, 2.05) is 0 Å². The highest BCUT2D eigenvalue weighted by atomic mass is 16.6. The van der Waals surface area contributed by atoms with Crippen LogP contribution in [0.3, 0.4) is 0 Å². The number of amides is 1. The fraction of sp³-hybridized carbons (Fsp3) is 0.692. The molecule has 1 aliphatic carbocycles. The number of nitrogens with one attached hydrogen (secondary N) is 1. The SMILES string of the molecule is O=C(CCn1cnc([N+](=O)[O-])c1)NCC1CCCC1CO. The molecule has 1 aromatic rings. The molecule has 0 saturated heterocycles. The third-order valence-corrected chi connectivity index (χ3v) is 4.02. The van der Waals surface area contributed by atoms with Crippen molar-refractivity contribution in [3.63, 3.8) is 0 Å². The average molecular weight is 296 g/mol. The summed E-state index contributed by atoms with van der Waals surface area (Å²) < 4.78 is 1.53.